The van der Waals surface area contributed by atoms with Crippen molar-refractivity contribution in [3.8, 4) is 6.07 Å². The molecule has 0 aliphatic carbocycles. The highest BCUT2D eigenvalue weighted by Gasteiger charge is 2.22. The number of benzene rings is 2. The van der Waals surface area contributed by atoms with Crippen LogP contribution in [-0.2, 0) is 16.3 Å². The van der Waals surface area contributed by atoms with Crippen molar-refractivity contribution < 1.29 is 8.42 Å². The van der Waals surface area contributed by atoms with Crippen LogP contribution in [0.5, 0.6) is 0 Å². The summed E-state index contributed by atoms with van der Waals surface area (Å²) >= 11 is 0. The Hall–Kier alpha value is -2.36. The fourth-order valence-corrected chi connectivity index (χ4v) is 4.50. The first-order valence-electron chi connectivity index (χ1n) is 8.79. The minimum Gasteiger partial charge on any atom is -0.367 e. The Morgan fingerprint density at radius 2 is 1.92 bits per heavy atom. The van der Waals surface area contributed by atoms with Gasteiger partial charge in [0.25, 0.3) is 0 Å². The molecule has 0 spiro atoms. The molecule has 3 rings (SSSR count). The van der Waals surface area contributed by atoms with Gasteiger partial charge >= 0.3 is 0 Å². The maximum atomic E-state index is 12.4. The van der Waals surface area contributed by atoms with E-state index in [1.54, 1.807) is 0 Å². The third-order valence-electron chi connectivity index (χ3n) is 4.78. The lowest BCUT2D eigenvalue weighted by Crippen LogP contribution is -2.40. The molecule has 0 saturated heterocycles. The number of hydrogen-bond donors (Lipinski definition) is 1. The van der Waals surface area contributed by atoms with E-state index >= 15 is 0 Å². The standard InChI is InChI=1S/C20H23N3O2S/c1-16(23-12-10-18-4-2-3-5-20(18)23)15-22-11-13-26(24,25)19-8-6-17(14-21)7-9-19/h2-9,16,22H,10-13,15H2,1H3. The lowest BCUT2D eigenvalue weighted by atomic mass is 10.2. The van der Waals surface area contributed by atoms with E-state index in [1.165, 1.54) is 35.5 Å². The molecule has 0 saturated carbocycles. The van der Waals surface area contributed by atoms with Crippen molar-refractivity contribution in [2.24, 2.45) is 0 Å². The largest absolute Gasteiger partial charge is 0.367 e. The molecule has 0 radical (unpaired) electrons. The van der Waals surface area contributed by atoms with E-state index in [0.717, 1.165) is 19.5 Å². The van der Waals surface area contributed by atoms with Gasteiger partial charge in [-0.15, -0.1) is 0 Å². The maximum absolute atomic E-state index is 12.4. The molecule has 5 nitrogen and oxygen atoms in total. The number of anilines is 1. The van der Waals surface area contributed by atoms with E-state index in [2.05, 4.69) is 41.4 Å². The van der Waals surface area contributed by atoms with Crippen LogP contribution in [0.2, 0.25) is 0 Å². The smallest absolute Gasteiger partial charge is 0.179 e. The Bertz CT molecular complexity index is 901. The van der Waals surface area contributed by atoms with E-state index in [0.29, 0.717) is 18.2 Å². The summed E-state index contributed by atoms with van der Waals surface area (Å²) in [5, 5.41) is 12.1. The van der Waals surface area contributed by atoms with Crippen molar-refractivity contribution in [3.63, 3.8) is 0 Å². The summed E-state index contributed by atoms with van der Waals surface area (Å²) in [5.41, 5.74) is 3.12. The highest BCUT2D eigenvalue weighted by Crippen LogP contribution is 2.28. The van der Waals surface area contributed by atoms with Crippen molar-refractivity contribution in [2.75, 3.05) is 30.3 Å². The van der Waals surface area contributed by atoms with Gasteiger partial charge in [-0.3, -0.25) is 0 Å². The van der Waals surface area contributed by atoms with Crippen LogP contribution in [0.15, 0.2) is 53.4 Å². The van der Waals surface area contributed by atoms with Gasteiger partial charge in [0.1, 0.15) is 0 Å². The number of rotatable bonds is 7. The van der Waals surface area contributed by atoms with Crippen LogP contribution in [0.3, 0.4) is 0 Å². The number of para-hydroxylation sites is 1. The molecule has 0 amide bonds. The van der Waals surface area contributed by atoms with E-state index in [9.17, 15) is 8.42 Å². The van der Waals surface area contributed by atoms with Gasteiger partial charge in [0.2, 0.25) is 0 Å². The number of nitriles is 1. The Morgan fingerprint density at radius 1 is 1.19 bits per heavy atom. The van der Waals surface area contributed by atoms with Gasteiger partial charge in [-0.25, -0.2) is 8.42 Å². The van der Waals surface area contributed by atoms with Crippen molar-refractivity contribution in [2.45, 2.75) is 24.3 Å². The zero-order valence-electron chi connectivity index (χ0n) is 14.9. The first-order chi connectivity index (χ1) is 12.5. The van der Waals surface area contributed by atoms with E-state index in [1.807, 2.05) is 6.07 Å². The fraction of sp³-hybridized carbons (Fsp3) is 0.350. The van der Waals surface area contributed by atoms with Crippen molar-refractivity contribution in [1.82, 2.24) is 5.32 Å². The molecular formula is C20H23N3O2S. The minimum atomic E-state index is -3.34. The van der Waals surface area contributed by atoms with Crippen LogP contribution in [-0.4, -0.2) is 39.8 Å². The molecule has 1 heterocycles. The predicted molar refractivity (Wildman–Crippen MR) is 103 cm³/mol. The second-order valence-corrected chi connectivity index (χ2v) is 8.69. The number of hydrogen-bond acceptors (Lipinski definition) is 5. The molecule has 6 heteroatoms. The van der Waals surface area contributed by atoms with Gasteiger partial charge in [0, 0.05) is 31.4 Å². The van der Waals surface area contributed by atoms with Gasteiger partial charge in [0.05, 0.1) is 22.3 Å². The fourth-order valence-electron chi connectivity index (χ4n) is 3.30. The average Bonchev–Trinajstić information content (AvgIpc) is 3.09. The molecule has 0 bridgehead atoms. The van der Waals surface area contributed by atoms with E-state index < -0.39 is 9.84 Å². The Kier molecular flexibility index (Phi) is 5.60. The number of nitrogens with one attached hydrogen (secondary N) is 1. The Morgan fingerprint density at radius 3 is 2.65 bits per heavy atom. The summed E-state index contributed by atoms with van der Waals surface area (Å²) in [6, 6.07) is 16.8. The summed E-state index contributed by atoms with van der Waals surface area (Å²) < 4.78 is 24.7. The SMILES string of the molecule is CC(CNCCS(=O)(=O)c1ccc(C#N)cc1)N1CCc2ccccc21. The molecule has 2 aromatic carbocycles. The molecule has 2 aromatic rings. The van der Waals surface area contributed by atoms with Crippen LogP contribution in [0, 0.1) is 11.3 Å². The monoisotopic (exact) mass is 369 g/mol. The lowest BCUT2D eigenvalue weighted by Gasteiger charge is -2.27. The van der Waals surface area contributed by atoms with Crippen LogP contribution in [0.4, 0.5) is 5.69 Å². The first-order valence-corrected chi connectivity index (χ1v) is 10.4. The van der Waals surface area contributed by atoms with Crippen molar-refractivity contribution in [3.05, 3.63) is 59.7 Å². The number of sulfone groups is 1. The normalized spacial score (nSPS) is 14.7. The van der Waals surface area contributed by atoms with Crippen LogP contribution in [0.1, 0.15) is 18.1 Å². The summed E-state index contributed by atoms with van der Waals surface area (Å²) in [7, 11) is -3.34. The third-order valence-corrected chi connectivity index (χ3v) is 6.52. The Balaban J connectivity index is 1.50. The van der Waals surface area contributed by atoms with Crippen LogP contribution < -0.4 is 10.2 Å². The molecule has 1 aliphatic rings. The number of nitrogens with zero attached hydrogens (tertiary/aromatic N) is 2. The summed E-state index contributed by atoms with van der Waals surface area (Å²) in [6.45, 7) is 4.30. The van der Waals surface area contributed by atoms with Gasteiger partial charge in [-0.1, -0.05) is 18.2 Å². The molecule has 1 aliphatic heterocycles. The second-order valence-electron chi connectivity index (χ2n) is 6.58. The van der Waals surface area contributed by atoms with Crippen LogP contribution >= 0.6 is 0 Å². The van der Waals surface area contributed by atoms with Crippen molar-refractivity contribution in [1.29, 1.82) is 5.26 Å². The number of fused-ring (bicyclic) bond motifs is 1. The molecule has 1 N–H and O–H groups in total. The maximum Gasteiger partial charge on any atom is 0.179 e. The summed E-state index contributed by atoms with van der Waals surface area (Å²) in [5.74, 6) is 0.0439. The van der Waals surface area contributed by atoms with Gasteiger partial charge in [0.15, 0.2) is 9.84 Å². The minimum absolute atomic E-state index is 0.0439. The summed E-state index contributed by atoms with van der Waals surface area (Å²) in [4.78, 5) is 2.64. The molecule has 1 unspecified atom stereocenters. The van der Waals surface area contributed by atoms with Gasteiger partial charge < -0.3 is 10.2 Å². The van der Waals surface area contributed by atoms with Crippen LogP contribution in [0.25, 0.3) is 0 Å². The summed E-state index contributed by atoms with van der Waals surface area (Å²) in [6.07, 6.45) is 1.06. The van der Waals surface area contributed by atoms with Gasteiger partial charge in [-0.2, -0.15) is 5.26 Å². The molecular weight excluding hydrogens is 346 g/mol. The lowest BCUT2D eigenvalue weighted by molar-refractivity contribution is 0.570. The highest BCUT2D eigenvalue weighted by atomic mass is 32.2. The van der Waals surface area contributed by atoms with E-state index in [4.69, 9.17) is 5.26 Å². The Labute approximate surface area is 155 Å². The zero-order valence-corrected chi connectivity index (χ0v) is 15.7. The second kappa shape index (κ2) is 7.90. The zero-order chi connectivity index (χ0) is 18.6. The highest BCUT2D eigenvalue weighted by molar-refractivity contribution is 7.91. The molecule has 136 valence electrons. The molecule has 26 heavy (non-hydrogen) atoms. The topological polar surface area (TPSA) is 73.2 Å². The molecule has 0 fully saturated rings. The average molecular weight is 369 g/mol. The van der Waals surface area contributed by atoms with Gasteiger partial charge in [-0.05, 0) is 49.2 Å². The third kappa shape index (κ3) is 4.06. The quantitative estimate of drug-likeness (QED) is 0.759. The predicted octanol–water partition coefficient (Wildman–Crippen LogP) is 2.37. The molecule has 1 atom stereocenters. The first kappa shape index (κ1) is 18.4. The van der Waals surface area contributed by atoms with Crippen molar-refractivity contribution >= 4 is 15.5 Å². The molecule has 0 aromatic heterocycles. The van der Waals surface area contributed by atoms with E-state index in [-0.39, 0.29) is 10.6 Å².